The molecule has 3 rings (SSSR count). The first-order chi connectivity index (χ1) is 12.0. The van der Waals surface area contributed by atoms with Crippen molar-refractivity contribution in [1.82, 2.24) is 10.6 Å². The first-order valence-electron chi connectivity index (χ1n) is 7.63. The summed E-state index contributed by atoms with van der Waals surface area (Å²) in [5.41, 5.74) is 1.29. The monoisotopic (exact) mass is 357 g/mol. The van der Waals surface area contributed by atoms with Gasteiger partial charge in [0.2, 0.25) is 11.9 Å². The topological polar surface area (TPSA) is 79.8 Å². The average Bonchev–Trinajstić information content (AvgIpc) is 2.62. The third kappa shape index (κ3) is 4.16. The van der Waals surface area contributed by atoms with Crippen molar-refractivity contribution in [1.29, 1.82) is 0 Å². The smallest absolute Gasteiger partial charge is 0.257 e. The van der Waals surface area contributed by atoms with E-state index in [4.69, 9.17) is 16.3 Å². The molecule has 0 fully saturated rings. The van der Waals surface area contributed by atoms with Gasteiger partial charge in [0.15, 0.2) is 0 Å². The molecule has 0 aliphatic carbocycles. The minimum Gasteiger partial charge on any atom is -0.497 e. The summed E-state index contributed by atoms with van der Waals surface area (Å²) >= 11 is 5.81. The molecule has 0 bridgehead atoms. The maximum atomic E-state index is 12.3. The van der Waals surface area contributed by atoms with Crippen molar-refractivity contribution in [2.75, 3.05) is 7.11 Å². The minimum atomic E-state index is -0.369. The number of halogens is 1. The van der Waals surface area contributed by atoms with Crippen molar-refractivity contribution in [2.45, 2.75) is 12.5 Å². The summed E-state index contributed by atoms with van der Waals surface area (Å²) in [6.07, 6.45) is 0.215. The number of aliphatic imine (C=N–C) groups is 1. The van der Waals surface area contributed by atoms with E-state index in [2.05, 4.69) is 15.6 Å². The normalized spacial score (nSPS) is 16.6. The molecule has 1 aliphatic rings. The second-order valence-electron chi connectivity index (χ2n) is 5.48. The van der Waals surface area contributed by atoms with E-state index >= 15 is 0 Å². The lowest BCUT2D eigenvalue weighted by Gasteiger charge is -2.21. The molecule has 1 heterocycles. The van der Waals surface area contributed by atoms with Crippen LogP contribution < -0.4 is 15.4 Å². The Bertz CT molecular complexity index is 816. The fraction of sp³-hybridized carbons (Fsp3) is 0.167. The largest absolute Gasteiger partial charge is 0.497 e. The highest BCUT2D eigenvalue weighted by atomic mass is 35.5. The number of rotatable bonds is 3. The summed E-state index contributed by atoms with van der Waals surface area (Å²) < 4.78 is 5.13. The first-order valence-corrected chi connectivity index (χ1v) is 8.01. The van der Waals surface area contributed by atoms with Crippen molar-refractivity contribution in [3.63, 3.8) is 0 Å². The van der Waals surface area contributed by atoms with Crippen LogP contribution in [0, 0.1) is 0 Å². The van der Waals surface area contributed by atoms with Gasteiger partial charge in [-0.15, -0.1) is 0 Å². The molecule has 2 aromatic rings. The second kappa shape index (κ2) is 7.36. The van der Waals surface area contributed by atoms with E-state index in [9.17, 15) is 9.59 Å². The van der Waals surface area contributed by atoms with Gasteiger partial charge >= 0.3 is 0 Å². The summed E-state index contributed by atoms with van der Waals surface area (Å²) in [6, 6.07) is 13.4. The zero-order valence-electron chi connectivity index (χ0n) is 13.5. The Kier molecular flexibility index (Phi) is 5.00. The predicted octanol–water partition coefficient (Wildman–Crippen LogP) is 2.70. The predicted molar refractivity (Wildman–Crippen MR) is 94.8 cm³/mol. The Balaban J connectivity index is 1.77. The van der Waals surface area contributed by atoms with Gasteiger partial charge < -0.3 is 4.74 Å². The van der Waals surface area contributed by atoms with Crippen LogP contribution in [-0.2, 0) is 4.79 Å². The molecule has 2 N–H and O–H groups in total. The van der Waals surface area contributed by atoms with Crippen LogP contribution in [0.4, 0.5) is 0 Å². The van der Waals surface area contributed by atoms with Gasteiger partial charge in [-0.3, -0.25) is 20.2 Å². The van der Waals surface area contributed by atoms with Crippen LogP contribution >= 0.6 is 11.6 Å². The zero-order valence-corrected chi connectivity index (χ0v) is 14.2. The van der Waals surface area contributed by atoms with E-state index in [0.29, 0.717) is 10.6 Å². The van der Waals surface area contributed by atoms with Gasteiger partial charge in [-0.2, -0.15) is 0 Å². The van der Waals surface area contributed by atoms with E-state index in [-0.39, 0.29) is 30.2 Å². The van der Waals surface area contributed by atoms with Crippen LogP contribution in [0.25, 0.3) is 0 Å². The molecule has 25 heavy (non-hydrogen) atoms. The van der Waals surface area contributed by atoms with Gasteiger partial charge in [0.1, 0.15) is 5.75 Å². The Morgan fingerprint density at radius 1 is 1.20 bits per heavy atom. The highest BCUT2D eigenvalue weighted by Crippen LogP contribution is 2.25. The molecule has 0 saturated heterocycles. The van der Waals surface area contributed by atoms with Crippen LogP contribution in [0.5, 0.6) is 5.75 Å². The SMILES string of the molecule is COc1ccc(C2CC(=O)NC(NC(=O)c3ccc(Cl)cc3)=N2)cc1. The minimum absolute atomic E-state index is 0.136. The quantitative estimate of drug-likeness (QED) is 0.886. The average molecular weight is 358 g/mol. The number of guanidine groups is 1. The molecule has 7 heteroatoms. The number of nitrogens with one attached hydrogen (secondary N) is 2. The molecule has 0 radical (unpaired) electrons. The molecule has 1 atom stereocenters. The molecule has 0 aromatic heterocycles. The van der Waals surface area contributed by atoms with Crippen LogP contribution in [0.3, 0.4) is 0 Å². The highest BCUT2D eigenvalue weighted by Gasteiger charge is 2.23. The summed E-state index contributed by atoms with van der Waals surface area (Å²) in [5.74, 6) is 0.287. The van der Waals surface area contributed by atoms with E-state index < -0.39 is 0 Å². The molecule has 6 nitrogen and oxygen atoms in total. The van der Waals surface area contributed by atoms with E-state index in [1.54, 1.807) is 31.4 Å². The number of ether oxygens (including phenoxy) is 1. The van der Waals surface area contributed by atoms with E-state index in [1.165, 1.54) is 0 Å². The lowest BCUT2D eigenvalue weighted by atomic mass is 10.0. The molecule has 2 amide bonds. The molecular formula is C18H16ClN3O3. The standard InChI is InChI=1S/C18H16ClN3O3/c1-25-14-8-4-11(5-9-14)15-10-16(23)21-18(20-15)22-17(24)12-2-6-13(19)7-3-12/h2-9,15H,10H2,1H3,(H2,20,21,22,23,24). The number of hydrogen-bond donors (Lipinski definition) is 2. The molecule has 1 aliphatic heterocycles. The van der Waals surface area contributed by atoms with Gasteiger partial charge in [0.05, 0.1) is 19.6 Å². The third-order valence-corrected chi connectivity index (χ3v) is 4.01. The maximum absolute atomic E-state index is 12.3. The fourth-order valence-corrected chi connectivity index (χ4v) is 2.58. The van der Waals surface area contributed by atoms with Crippen LogP contribution in [0.1, 0.15) is 28.4 Å². The van der Waals surface area contributed by atoms with Crippen molar-refractivity contribution < 1.29 is 14.3 Å². The van der Waals surface area contributed by atoms with Gasteiger partial charge in [-0.1, -0.05) is 23.7 Å². The van der Waals surface area contributed by atoms with Crippen LogP contribution in [0.15, 0.2) is 53.5 Å². The van der Waals surface area contributed by atoms with Crippen molar-refractivity contribution in [3.8, 4) is 5.75 Å². The maximum Gasteiger partial charge on any atom is 0.257 e. The summed E-state index contributed by atoms with van der Waals surface area (Å²) in [4.78, 5) is 28.6. The third-order valence-electron chi connectivity index (χ3n) is 3.76. The summed E-state index contributed by atoms with van der Waals surface area (Å²) in [6.45, 7) is 0. The Labute approximate surface area is 149 Å². The van der Waals surface area contributed by atoms with Gasteiger partial charge in [-0.25, -0.2) is 4.99 Å². The zero-order chi connectivity index (χ0) is 17.8. The highest BCUT2D eigenvalue weighted by molar-refractivity contribution is 6.30. The van der Waals surface area contributed by atoms with Crippen molar-refractivity contribution >= 4 is 29.4 Å². The molecule has 1 unspecified atom stereocenters. The number of benzene rings is 2. The number of methoxy groups -OCH3 is 1. The number of carbonyl (C=O) groups is 2. The van der Waals surface area contributed by atoms with Crippen molar-refractivity contribution in [3.05, 3.63) is 64.7 Å². The molecule has 0 spiro atoms. The van der Waals surface area contributed by atoms with E-state index in [0.717, 1.165) is 11.3 Å². The molecule has 0 saturated carbocycles. The molecule has 128 valence electrons. The number of hydrogen-bond acceptors (Lipinski definition) is 4. The summed E-state index contributed by atoms with van der Waals surface area (Å²) in [5, 5.41) is 5.74. The Morgan fingerprint density at radius 2 is 1.88 bits per heavy atom. The Hall–Kier alpha value is -2.86. The van der Waals surface area contributed by atoms with Gasteiger partial charge in [0.25, 0.3) is 5.91 Å². The number of nitrogens with zero attached hydrogens (tertiary/aromatic N) is 1. The lowest BCUT2D eigenvalue weighted by Crippen LogP contribution is -2.47. The Morgan fingerprint density at radius 3 is 2.52 bits per heavy atom. The van der Waals surface area contributed by atoms with Crippen LogP contribution in [-0.4, -0.2) is 24.9 Å². The molecular weight excluding hydrogens is 342 g/mol. The summed E-state index contributed by atoms with van der Waals surface area (Å²) in [7, 11) is 1.59. The first kappa shape index (κ1) is 17.0. The van der Waals surface area contributed by atoms with Crippen molar-refractivity contribution in [2.24, 2.45) is 4.99 Å². The second-order valence-corrected chi connectivity index (χ2v) is 5.92. The van der Waals surface area contributed by atoms with E-state index in [1.807, 2.05) is 24.3 Å². The van der Waals surface area contributed by atoms with Crippen LogP contribution in [0.2, 0.25) is 5.02 Å². The number of carbonyl (C=O) groups excluding carboxylic acids is 2. The fourth-order valence-electron chi connectivity index (χ4n) is 2.46. The van der Waals surface area contributed by atoms with Gasteiger partial charge in [-0.05, 0) is 42.0 Å². The molecule has 2 aromatic carbocycles. The number of amides is 2. The van der Waals surface area contributed by atoms with Gasteiger partial charge in [0, 0.05) is 10.6 Å². The lowest BCUT2D eigenvalue weighted by molar-refractivity contribution is -0.120.